The predicted molar refractivity (Wildman–Crippen MR) is 91.1 cm³/mol. The number of aromatic nitrogens is 1. The van der Waals surface area contributed by atoms with Gasteiger partial charge in [-0.3, -0.25) is 0 Å². The Hall–Kier alpha value is -1.70. The lowest BCUT2D eigenvalue weighted by atomic mass is 9.96. The first-order chi connectivity index (χ1) is 11.5. The van der Waals surface area contributed by atoms with Gasteiger partial charge < -0.3 is 9.84 Å². The van der Waals surface area contributed by atoms with E-state index in [0.717, 1.165) is 36.3 Å². The number of hydrogen-bond acceptors (Lipinski definition) is 5. The molecule has 7 heteroatoms. The monoisotopic (exact) mass is 349 g/mol. The summed E-state index contributed by atoms with van der Waals surface area (Å²) in [4.78, 5) is 0.273. The molecule has 6 nitrogen and oxygen atoms in total. The van der Waals surface area contributed by atoms with Gasteiger partial charge in [0.25, 0.3) is 0 Å². The van der Waals surface area contributed by atoms with Crippen LogP contribution in [0.5, 0.6) is 0 Å². The van der Waals surface area contributed by atoms with Gasteiger partial charge in [0, 0.05) is 24.6 Å². The van der Waals surface area contributed by atoms with E-state index in [1.54, 1.807) is 18.2 Å². The van der Waals surface area contributed by atoms with Gasteiger partial charge in [-0.05, 0) is 50.9 Å². The fourth-order valence-corrected chi connectivity index (χ4v) is 3.81. The molecule has 130 valence electrons. The van der Waals surface area contributed by atoms with Gasteiger partial charge in [0.1, 0.15) is 11.5 Å². The Balaban J connectivity index is 1.70. The first kappa shape index (κ1) is 17.1. The third-order valence-electron chi connectivity index (χ3n) is 4.54. The first-order valence-electron chi connectivity index (χ1n) is 8.24. The highest BCUT2D eigenvalue weighted by atomic mass is 32.2. The van der Waals surface area contributed by atoms with Crippen LogP contribution >= 0.6 is 0 Å². The van der Waals surface area contributed by atoms with E-state index in [-0.39, 0.29) is 10.9 Å². The number of benzene rings is 1. The van der Waals surface area contributed by atoms with Crippen molar-refractivity contribution in [1.29, 1.82) is 0 Å². The average molecular weight is 349 g/mol. The summed E-state index contributed by atoms with van der Waals surface area (Å²) in [5, 5.41) is 7.60. The van der Waals surface area contributed by atoms with E-state index in [0.29, 0.717) is 6.54 Å². The number of nitrogens with zero attached hydrogens (tertiary/aromatic N) is 1. The molecule has 1 aromatic heterocycles. The topological polar surface area (TPSA) is 84.2 Å². The number of nitrogens with one attached hydrogen (secondary N) is 2. The minimum absolute atomic E-state index is 0.00736. The molecule has 0 bridgehead atoms. The summed E-state index contributed by atoms with van der Waals surface area (Å²) in [6.45, 7) is 2.63. The van der Waals surface area contributed by atoms with Crippen molar-refractivity contribution in [2.24, 2.45) is 0 Å². The summed E-state index contributed by atoms with van der Waals surface area (Å²) in [7, 11) is -2.02. The van der Waals surface area contributed by atoms with Crippen molar-refractivity contribution >= 4 is 10.0 Å². The lowest BCUT2D eigenvalue weighted by Gasteiger charge is -2.15. The van der Waals surface area contributed by atoms with Crippen LogP contribution in [0.2, 0.25) is 0 Å². The summed E-state index contributed by atoms with van der Waals surface area (Å²) in [5.41, 5.74) is 3.13. The van der Waals surface area contributed by atoms with Crippen LogP contribution in [-0.4, -0.2) is 20.6 Å². The summed E-state index contributed by atoms with van der Waals surface area (Å²) in [5.74, 6) is 1.02. The van der Waals surface area contributed by atoms with Crippen LogP contribution in [0.3, 0.4) is 0 Å². The van der Waals surface area contributed by atoms with Crippen LogP contribution in [0, 0.1) is 0 Å². The Morgan fingerprint density at radius 1 is 1.29 bits per heavy atom. The van der Waals surface area contributed by atoms with Gasteiger partial charge in [-0.15, -0.1) is 0 Å². The number of rotatable bonds is 6. The standard InChI is InChI=1S/C17H23N3O3S/c1-12(13-6-5-7-14(10-13)24(21,22)18-2)19-11-16-15-8-3-4-9-17(15)23-20-16/h5-7,10,12,18-19H,3-4,8-9,11H2,1-2H3/t12-/m1/s1. The van der Waals surface area contributed by atoms with Gasteiger partial charge in [0.15, 0.2) is 0 Å². The maximum absolute atomic E-state index is 11.9. The second kappa shape index (κ2) is 7.04. The third kappa shape index (κ3) is 3.53. The molecule has 1 aliphatic rings. The van der Waals surface area contributed by atoms with Crippen LogP contribution in [-0.2, 0) is 29.4 Å². The number of sulfonamides is 1. The van der Waals surface area contributed by atoms with Crippen molar-refractivity contribution in [3.05, 3.63) is 46.8 Å². The van der Waals surface area contributed by atoms with Crippen molar-refractivity contribution in [3.8, 4) is 0 Å². The number of aryl methyl sites for hydroxylation is 1. The molecule has 0 saturated heterocycles. The lowest BCUT2D eigenvalue weighted by molar-refractivity contribution is 0.365. The molecule has 1 atom stereocenters. The van der Waals surface area contributed by atoms with Gasteiger partial charge in [0.2, 0.25) is 10.0 Å². The molecule has 1 heterocycles. The van der Waals surface area contributed by atoms with Crippen LogP contribution in [0.25, 0.3) is 0 Å². The zero-order chi connectivity index (χ0) is 17.2. The van der Waals surface area contributed by atoms with Gasteiger partial charge >= 0.3 is 0 Å². The van der Waals surface area contributed by atoms with Crippen molar-refractivity contribution in [2.75, 3.05) is 7.05 Å². The van der Waals surface area contributed by atoms with Crippen molar-refractivity contribution in [3.63, 3.8) is 0 Å². The molecular formula is C17H23N3O3S. The number of fused-ring (bicyclic) bond motifs is 1. The van der Waals surface area contributed by atoms with E-state index in [1.807, 2.05) is 13.0 Å². The van der Waals surface area contributed by atoms with Crippen molar-refractivity contribution in [1.82, 2.24) is 15.2 Å². The molecule has 0 aliphatic heterocycles. The van der Waals surface area contributed by atoms with Gasteiger partial charge in [0.05, 0.1) is 4.90 Å². The first-order valence-corrected chi connectivity index (χ1v) is 9.73. The highest BCUT2D eigenvalue weighted by Crippen LogP contribution is 2.25. The lowest BCUT2D eigenvalue weighted by Crippen LogP contribution is -2.21. The van der Waals surface area contributed by atoms with E-state index in [1.165, 1.54) is 19.0 Å². The largest absolute Gasteiger partial charge is 0.361 e. The minimum Gasteiger partial charge on any atom is -0.361 e. The third-order valence-corrected chi connectivity index (χ3v) is 5.96. The molecule has 0 fully saturated rings. The van der Waals surface area contributed by atoms with Crippen LogP contribution < -0.4 is 10.0 Å². The van der Waals surface area contributed by atoms with Crippen LogP contribution in [0.4, 0.5) is 0 Å². The Kier molecular flexibility index (Phi) is 5.03. The molecule has 0 amide bonds. The number of hydrogen-bond donors (Lipinski definition) is 2. The van der Waals surface area contributed by atoms with Crippen molar-refractivity contribution in [2.45, 2.75) is 50.1 Å². The van der Waals surface area contributed by atoms with E-state index >= 15 is 0 Å². The average Bonchev–Trinajstić information content (AvgIpc) is 3.03. The van der Waals surface area contributed by atoms with Gasteiger partial charge in [-0.25, -0.2) is 13.1 Å². The summed E-state index contributed by atoms with van der Waals surface area (Å²) in [6.07, 6.45) is 4.35. The molecule has 2 N–H and O–H groups in total. The highest BCUT2D eigenvalue weighted by molar-refractivity contribution is 7.89. The van der Waals surface area contributed by atoms with Crippen LogP contribution in [0.1, 0.15) is 48.4 Å². The highest BCUT2D eigenvalue weighted by Gasteiger charge is 2.20. The zero-order valence-electron chi connectivity index (χ0n) is 14.0. The van der Waals surface area contributed by atoms with Crippen LogP contribution in [0.15, 0.2) is 33.7 Å². The molecule has 2 aromatic rings. The Bertz CT molecular complexity index is 814. The summed E-state index contributed by atoms with van der Waals surface area (Å²) >= 11 is 0. The Labute approximate surface area is 142 Å². The Morgan fingerprint density at radius 3 is 2.88 bits per heavy atom. The second-order valence-corrected chi connectivity index (χ2v) is 8.01. The molecule has 3 rings (SSSR count). The molecular weight excluding hydrogens is 326 g/mol. The molecule has 24 heavy (non-hydrogen) atoms. The molecule has 1 aromatic carbocycles. The summed E-state index contributed by atoms with van der Waals surface area (Å²) in [6, 6.07) is 6.98. The summed E-state index contributed by atoms with van der Waals surface area (Å²) < 4.78 is 31.6. The van der Waals surface area contributed by atoms with E-state index in [2.05, 4.69) is 15.2 Å². The van der Waals surface area contributed by atoms with Gasteiger partial charge in [-0.2, -0.15) is 0 Å². The van der Waals surface area contributed by atoms with E-state index < -0.39 is 10.0 Å². The smallest absolute Gasteiger partial charge is 0.240 e. The maximum atomic E-state index is 11.9. The minimum atomic E-state index is -3.43. The molecule has 0 unspecified atom stereocenters. The molecule has 0 saturated carbocycles. The SMILES string of the molecule is CNS(=O)(=O)c1cccc([C@@H](C)NCc2noc3c2CCCC3)c1. The fraction of sp³-hybridized carbons (Fsp3) is 0.471. The molecule has 1 aliphatic carbocycles. The fourth-order valence-electron chi connectivity index (χ4n) is 3.02. The van der Waals surface area contributed by atoms with Crippen molar-refractivity contribution < 1.29 is 12.9 Å². The predicted octanol–water partition coefficient (Wildman–Crippen LogP) is 2.31. The van der Waals surface area contributed by atoms with E-state index in [4.69, 9.17) is 4.52 Å². The zero-order valence-corrected chi connectivity index (χ0v) is 14.8. The molecule has 0 radical (unpaired) electrons. The normalized spacial score (nSPS) is 15.9. The van der Waals surface area contributed by atoms with E-state index in [9.17, 15) is 8.42 Å². The molecule has 0 spiro atoms. The second-order valence-electron chi connectivity index (χ2n) is 6.12. The Morgan fingerprint density at radius 2 is 2.08 bits per heavy atom. The maximum Gasteiger partial charge on any atom is 0.240 e. The quantitative estimate of drug-likeness (QED) is 0.836. The van der Waals surface area contributed by atoms with Gasteiger partial charge in [-0.1, -0.05) is 17.3 Å².